The minimum Gasteiger partial charge on any atom is -0.340 e. The molecule has 7 nitrogen and oxygen atoms in total. The number of para-hydroxylation sites is 1. The van der Waals surface area contributed by atoms with Gasteiger partial charge in [0.15, 0.2) is 5.65 Å². The highest BCUT2D eigenvalue weighted by molar-refractivity contribution is 6.18. The molecular formula is C21H21ClN6O. The number of rotatable bonds is 8. The van der Waals surface area contributed by atoms with Crippen LogP contribution in [0.15, 0.2) is 65.5 Å². The topological polar surface area (TPSA) is 87.6 Å². The molecule has 0 bridgehead atoms. The molecule has 3 N–H and O–H groups in total. The number of nitrogens with one attached hydrogen (secondary N) is 3. The summed E-state index contributed by atoms with van der Waals surface area (Å²) in [5.74, 6) is 1.64. The Hall–Kier alpha value is -3.16. The number of halogens is 1. The van der Waals surface area contributed by atoms with Crippen molar-refractivity contribution in [3.05, 3.63) is 82.4 Å². The quantitative estimate of drug-likeness (QED) is 0.308. The zero-order valence-corrected chi connectivity index (χ0v) is 16.5. The molecule has 0 unspecified atom stereocenters. The number of alkyl halides is 1. The Morgan fingerprint density at radius 1 is 1.03 bits per heavy atom. The first-order valence-electron chi connectivity index (χ1n) is 9.37. The van der Waals surface area contributed by atoms with Gasteiger partial charge in [0.05, 0.1) is 13.1 Å². The van der Waals surface area contributed by atoms with Crippen molar-refractivity contribution in [1.29, 1.82) is 0 Å². The van der Waals surface area contributed by atoms with Gasteiger partial charge in [-0.1, -0.05) is 48.5 Å². The van der Waals surface area contributed by atoms with Gasteiger partial charge in [0.2, 0.25) is 0 Å². The van der Waals surface area contributed by atoms with Gasteiger partial charge in [0.25, 0.3) is 5.56 Å². The van der Waals surface area contributed by atoms with Gasteiger partial charge in [-0.05, 0) is 17.7 Å². The van der Waals surface area contributed by atoms with Crippen LogP contribution < -0.4 is 16.2 Å². The number of nitrogens with zero attached hydrogens (tertiary/aromatic N) is 3. The zero-order chi connectivity index (χ0) is 20.1. The van der Waals surface area contributed by atoms with E-state index in [2.05, 4.69) is 25.7 Å². The van der Waals surface area contributed by atoms with Crippen LogP contribution in [0.4, 0.5) is 11.5 Å². The SMILES string of the molecule is O=c1[nH]c(CNCCCl)nc2nn(Cc3ccccc3)c(Nc3ccccc3)c12. The molecule has 148 valence electrons. The molecule has 4 rings (SSSR count). The Kier molecular flexibility index (Phi) is 5.88. The molecule has 0 amide bonds. The normalized spacial score (nSPS) is 11.1. The van der Waals surface area contributed by atoms with E-state index >= 15 is 0 Å². The Morgan fingerprint density at radius 3 is 2.48 bits per heavy atom. The molecule has 2 aromatic heterocycles. The maximum Gasteiger partial charge on any atom is 0.264 e. The summed E-state index contributed by atoms with van der Waals surface area (Å²) < 4.78 is 1.78. The van der Waals surface area contributed by atoms with Crippen LogP contribution in [-0.4, -0.2) is 32.2 Å². The van der Waals surface area contributed by atoms with Crippen LogP contribution in [0.3, 0.4) is 0 Å². The number of aromatic amines is 1. The summed E-state index contributed by atoms with van der Waals surface area (Å²) in [6.45, 7) is 1.57. The molecule has 29 heavy (non-hydrogen) atoms. The molecule has 4 aromatic rings. The molecule has 0 saturated carbocycles. The molecule has 0 spiro atoms. The third-order valence-corrected chi connectivity index (χ3v) is 4.62. The molecule has 2 aromatic carbocycles. The van der Waals surface area contributed by atoms with E-state index in [1.807, 2.05) is 60.7 Å². The largest absolute Gasteiger partial charge is 0.340 e. The second-order valence-corrected chi connectivity index (χ2v) is 6.94. The number of hydrogen-bond donors (Lipinski definition) is 3. The standard InChI is InChI=1S/C21H21ClN6O/c22-11-12-23-13-17-25-19-18(21(29)26-17)20(24-16-9-5-2-6-10-16)28(27-19)14-15-7-3-1-4-8-15/h1-10,23-24H,11-14H2,(H,25,26,27,29). The van der Waals surface area contributed by atoms with Crippen LogP contribution in [0.5, 0.6) is 0 Å². The van der Waals surface area contributed by atoms with E-state index < -0.39 is 0 Å². The average Bonchev–Trinajstić information content (AvgIpc) is 3.07. The Morgan fingerprint density at radius 2 is 1.76 bits per heavy atom. The van der Waals surface area contributed by atoms with Crippen LogP contribution in [0, 0.1) is 0 Å². The van der Waals surface area contributed by atoms with Crippen molar-refractivity contribution in [2.24, 2.45) is 0 Å². The smallest absolute Gasteiger partial charge is 0.264 e. The second kappa shape index (κ2) is 8.89. The molecule has 0 aliphatic rings. The molecule has 8 heteroatoms. The fraction of sp³-hybridized carbons (Fsp3) is 0.190. The summed E-state index contributed by atoms with van der Waals surface area (Å²) >= 11 is 5.69. The van der Waals surface area contributed by atoms with Gasteiger partial charge in [-0.2, -0.15) is 0 Å². The average molecular weight is 409 g/mol. The minimum atomic E-state index is -0.226. The van der Waals surface area contributed by atoms with Gasteiger partial charge in [-0.25, -0.2) is 9.67 Å². The van der Waals surface area contributed by atoms with Crippen molar-refractivity contribution in [2.75, 3.05) is 17.7 Å². The second-order valence-electron chi connectivity index (χ2n) is 6.56. The highest BCUT2D eigenvalue weighted by atomic mass is 35.5. The van der Waals surface area contributed by atoms with Gasteiger partial charge >= 0.3 is 0 Å². The van der Waals surface area contributed by atoms with Crippen molar-refractivity contribution in [2.45, 2.75) is 13.1 Å². The van der Waals surface area contributed by atoms with Crippen LogP contribution >= 0.6 is 11.6 Å². The maximum atomic E-state index is 12.9. The van der Waals surface area contributed by atoms with E-state index in [-0.39, 0.29) is 5.56 Å². The highest BCUT2D eigenvalue weighted by Crippen LogP contribution is 2.24. The summed E-state index contributed by atoms with van der Waals surface area (Å²) in [6.07, 6.45) is 0. The lowest BCUT2D eigenvalue weighted by atomic mass is 10.2. The highest BCUT2D eigenvalue weighted by Gasteiger charge is 2.17. The van der Waals surface area contributed by atoms with E-state index in [9.17, 15) is 4.79 Å². The fourth-order valence-corrected chi connectivity index (χ4v) is 3.23. The number of hydrogen-bond acceptors (Lipinski definition) is 5. The molecule has 0 aliphatic heterocycles. The number of aromatic nitrogens is 4. The van der Waals surface area contributed by atoms with E-state index in [0.29, 0.717) is 48.2 Å². The lowest BCUT2D eigenvalue weighted by Gasteiger charge is -2.10. The molecule has 2 heterocycles. The van der Waals surface area contributed by atoms with E-state index in [1.54, 1.807) is 4.68 Å². The minimum absolute atomic E-state index is 0.226. The van der Waals surface area contributed by atoms with E-state index in [4.69, 9.17) is 11.6 Å². The summed E-state index contributed by atoms with van der Waals surface area (Å²) in [5.41, 5.74) is 2.13. The van der Waals surface area contributed by atoms with Crippen molar-refractivity contribution >= 4 is 34.1 Å². The lowest BCUT2D eigenvalue weighted by Crippen LogP contribution is -2.21. The van der Waals surface area contributed by atoms with Crippen molar-refractivity contribution in [3.8, 4) is 0 Å². The predicted molar refractivity (Wildman–Crippen MR) is 116 cm³/mol. The van der Waals surface area contributed by atoms with Crippen LogP contribution in [0.25, 0.3) is 11.0 Å². The molecule has 0 atom stereocenters. The van der Waals surface area contributed by atoms with Gasteiger partial charge in [0, 0.05) is 18.1 Å². The Balaban J connectivity index is 1.77. The van der Waals surface area contributed by atoms with Gasteiger partial charge in [-0.15, -0.1) is 16.7 Å². The summed E-state index contributed by atoms with van der Waals surface area (Å²) in [6, 6.07) is 19.7. The first kappa shape index (κ1) is 19.2. The third kappa shape index (κ3) is 4.47. The molecule has 0 fully saturated rings. The van der Waals surface area contributed by atoms with Gasteiger partial charge < -0.3 is 15.6 Å². The number of fused-ring (bicyclic) bond motifs is 1. The van der Waals surface area contributed by atoms with Crippen molar-refractivity contribution in [3.63, 3.8) is 0 Å². The van der Waals surface area contributed by atoms with Crippen LogP contribution in [-0.2, 0) is 13.1 Å². The van der Waals surface area contributed by atoms with Crippen molar-refractivity contribution in [1.82, 2.24) is 25.1 Å². The predicted octanol–water partition coefficient (Wildman–Crippen LogP) is 3.24. The molecular weight excluding hydrogens is 388 g/mol. The molecule has 0 radical (unpaired) electrons. The number of benzene rings is 2. The third-order valence-electron chi connectivity index (χ3n) is 4.44. The summed E-state index contributed by atoms with van der Waals surface area (Å²) in [5, 5.41) is 11.5. The Bertz CT molecular complexity index is 1140. The summed E-state index contributed by atoms with van der Waals surface area (Å²) in [7, 11) is 0. The first-order chi connectivity index (χ1) is 14.2. The number of anilines is 2. The molecule has 0 aliphatic carbocycles. The number of H-pyrrole nitrogens is 1. The van der Waals surface area contributed by atoms with E-state index in [0.717, 1.165) is 11.3 Å². The first-order valence-corrected chi connectivity index (χ1v) is 9.90. The van der Waals surface area contributed by atoms with Crippen LogP contribution in [0.2, 0.25) is 0 Å². The monoisotopic (exact) mass is 408 g/mol. The van der Waals surface area contributed by atoms with Gasteiger partial charge in [-0.3, -0.25) is 4.79 Å². The van der Waals surface area contributed by atoms with Crippen molar-refractivity contribution < 1.29 is 0 Å². The summed E-state index contributed by atoms with van der Waals surface area (Å²) in [4.78, 5) is 20.3. The maximum absolute atomic E-state index is 12.9. The zero-order valence-electron chi connectivity index (χ0n) is 15.7. The Labute approximate surface area is 172 Å². The van der Waals surface area contributed by atoms with Gasteiger partial charge in [0.1, 0.15) is 17.0 Å². The lowest BCUT2D eigenvalue weighted by molar-refractivity contribution is 0.686. The molecule has 0 saturated heterocycles. The van der Waals surface area contributed by atoms with Crippen LogP contribution in [0.1, 0.15) is 11.4 Å². The fourth-order valence-electron chi connectivity index (χ4n) is 3.10. The van der Waals surface area contributed by atoms with E-state index in [1.165, 1.54) is 0 Å².